The molecule has 0 aliphatic heterocycles. The summed E-state index contributed by atoms with van der Waals surface area (Å²) in [6.07, 6.45) is 0.689. The Morgan fingerprint density at radius 3 is 2.70 bits per heavy atom. The Hall–Kier alpha value is -2.44. The number of H-pyrrole nitrogens is 1. The van der Waals surface area contributed by atoms with E-state index in [1.54, 1.807) is 18.2 Å². The maximum absolute atomic E-state index is 13.3. The molecule has 0 aliphatic rings. The summed E-state index contributed by atoms with van der Waals surface area (Å²) in [5, 5.41) is 0.914. The lowest BCUT2D eigenvalue weighted by atomic mass is 10.2. The van der Waals surface area contributed by atoms with Crippen LogP contribution < -0.4 is 5.56 Å². The third-order valence-electron chi connectivity index (χ3n) is 4.00. The average molecular weight is 408 g/mol. The van der Waals surface area contributed by atoms with E-state index in [9.17, 15) is 14.0 Å². The molecule has 0 bridgehead atoms. The van der Waals surface area contributed by atoms with Crippen molar-refractivity contribution in [2.24, 2.45) is 0 Å². The minimum absolute atomic E-state index is 0.0350. The number of aromatic nitrogens is 2. The molecule has 1 aromatic heterocycles. The topological polar surface area (TPSA) is 66.1 Å². The van der Waals surface area contributed by atoms with E-state index in [0.29, 0.717) is 34.7 Å². The normalized spacial score (nSPS) is 11.0. The molecule has 3 aromatic rings. The second kappa shape index (κ2) is 8.06. The molecule has 2 aromatic carbocycles. The van der Waals surface area contributed by atoms with Gasteiger partial charge in [0.1, 0.15) is 11.6 Å². The highest BCUT2D eigenvalue weighted by atomic mass is 35.5. The van der Waals surface area contributed by atoms with Crippen LogP contribution >= 0.6 is 23.2 Å². The molecule has 0 aliphatic carbocycles. The van der Waals surface area contributed by atoms with Crippen LogP contribution in [0.3, 0.4) is 0 Å². The molecule has 0 fully saturated rings. The Labute approximate surface area is 164 Å². The second-order valence-electron chi connectivity index (χ2n) is 6.02. The number of hydrogen-bond donors (Lipinski definition) is 1. The molecule has 1 N–H and O–H groups in total. The van der Waals surface area contributed by atoms with E-state index >= 15 is 0 Å². The fraction of sp³-hybridized carbons (Fsp3) is 0.211. The van der Waals surface area contributed by atoms with Crippen molar-refractivity contribution in [2.75, 3.05) is 6.54 Å². The quantitative estimate of drug-likeness (QED) is 0.680. The van der Waals surface area contributed by atoms with Gasteiger partial charge in [-0.25, -0.2) is 9.37 Å². The third kappa shape index (κ3) is 4.28. The van der Waals surface area contributed by atoms with Gasteiger partial charge >= 0.3 is 0 Å². The SMILES string of the molecule is CCCN(Cc1nc2cc(Cl)ccc2c(=O)[nH]1)C(=O)c1ccc(F)cc1Cl. The van der Waals surface area contributed by atoms with Gasteiger partial charge in [0, 0.05) is 11.6 Å². The number of benzene rings is 2. The van der Waals surface area contributed by atoms with Crippen LogP contribution in [0.1, 0.15) is 29.5 Å². The predicted octanol–water partition coefficient (Wildman–Crippen LogP) is 4.42. The van der Waals surface area contributed by atoms with Gasteiger partial charge in [-0.3, -0.25) is 9.59 Å². The number of carbonyl (C=O) groups excluding carboxylic acids is 1. The molecule has 1 amide bonds. The molecule has 140 valence electrons. The minimum atomic E-state index is -0.518. The number of aromatic amines is 1. The Bertz CT molecular complexity index is 1070. The van der Waals surface area contributed by atoms with Crippen LogP contribution in [0.4, 0.5) is 4.39 Å². The number of fused-ring (bicyclic) bond motifs is 1. The molecule has 0 spiro atoms. The summed E-state index contributed by atoms with van der Waals surface area (Å²) in [7, 11) is 0. The number of halogens is 3. The zero-order chi connectivity index (χ0) is 19.6. The molecule has 0 atom stereocenters. The van der Waals surface area contributed by atoms with Gasteiger partial charge in [-0.05, 0) is 42.8 Å². The molecule has 5 nitrogen and oxygen atoms in total. The molecule has 8 heteroatoms. The molecule has 0 saturated carbocycles. The first-order valence-corrected chi connectivity index (χ1v) is 9.07. The first kappa shape index (κ1) is 19.3. The predicted molar refractivity (Wildman–Crippen MR) is 104 cm³/mol. The van der Waals surface area contributed by atoms with E-state index in [0.717, 1.165) is 6.07 Å². The first-order chi connectivity index (χ1) is 12.9. The average Bonchev–Trinajstić information content (AvgIpc) is 2.60. The maximum Gasteiger partial charge on any atom is 0.258 e. The summed E-state index contributed by atoms with van der Waals surface area (Å²) < 4.78 is 13.3. The maximum atomic E-state index is 13.3. The van der Waals surface area contributed by atoms with Crippen molar-refractivity contribution in [1.82, 2.24) is 14.9 Å². The van der Waals surface area contributed by atoms with Gasteiger partial charge in [-0.1, -0.05) is 30.1 Å². The van der Waals surface area contributed by atoms with E-state index in [1.165, 1.54) is 17.0 Å². The number of nitrogens with zero attached hydrogens (tertiary/aromatic N) is 2. The van der Waals surface area contributed by atoms with Crippen molar-refractivity contribution >= 4 is 40.0 Å². The highest BCUT2D eigenvalue weighted by Gasteiger charge is 2.20. The summed E-state index contributed by atoms with van der Waals surface area (Å²) in [4.78, 5) is 33.7. The molecular weight excluding hydrogens is 392 g/mol. The number of amides is 1. The lowest BCUT2D eigenvalue weighted by Crippen LogP contribution is -2.33. The van der Waals surface area contributed by atoms with Gasteiger partial charge in [0.25, 0.3) is 11.5 Å². The third-order valence-corrected chi connectivity index (χ3v) is 4.55. The molecule has 0 saturated heterocycles. The van der Waals surface area contributed by atoms with E-state index in [4.69, 9.17) is 23.2 Å². The smallest absolute Gasteiger partial charge is 0.258 e. The summed E-state index contributed by atoms with van der Waals surface area (Å²) >= 11 is 12.0. The van der Waals surface area contributed by atoms with E-state index in [1.807, 2.05) is 6.92 Å². The van der Waals surface area contributed by atoms with Crippen molar-refractivity contribution in [3.63, 3.8) is 0 Å². The van der Waals surface area contributed by atoms with E-state index < -0.39 is 5.82 Å². The van der Waals surface area contributed by atoms with Crippen LogP contribution in [0.15, 0.2) is 41.2 Å². The summed E-state index contributed by atoms with van der Waals surface area (Å²) in [6, 6.07) is 8.43. The number of carbonyl (C=O) groups is 1. The molecule has 3 rings (SSSR count). The van der Waals surface area contributed by atoms with Gasteiger partial charge in [0.05, 0.1) is 28.0 Å². The van der Waals surface area contributed by atoms with Crippen molar-refractivity contribution in [1.29, 1.82) is 0 Å². The van der Waals surface area contributed by atoms with Crippen molar-refractivity contribution < 1.29 is 9.18 Å². The molecule has 0 unspecified atom stereocenters. The molecule has 0 radical (unpaired) electrons. The highest BCUT2D eigenvalue weighted by Crippen LogP contribution is 2.20. The summed E-state index contributed by atoms with van der Waals surface area (Å²) in [5.74, 6) is -0.554. The lowest BCUT2D eigenvalue weighted by molar-refractivity contribution is 0.0739. The highest BCUT2D eigenvalue weighted by molar-refractivity contribution is 6.33. The van der Waals surface area contributed by atoms with Crippen LogP contribution in [0.5, 0.6) is 0 Å². The van der Waals surface area contributed by atoms with Crippen LogP contribution in [0, 0.1) is 5.82 Å². The minimum Gasteiger partial charge on any atom is -0.331 e. The van der Waals surface area contributed by atoms with E-state index in [2.05, 4.69) is 9.97 Å². The zero-order valence-electron chi connectivity index (χ0n) is 14.4. The van der Waals surface area contributed by atoms with Gasteiger partial charge in [0.15, 0.2) is 0 Å². The summed E-state index contributed by atoms with van der Waals surface area (Å²) in [5.41, 5.74) is 0.332. The summed E-state index contributed by atoms with van der Waals surface area (Å²) in [6.45, 7) is 2.42. The van der Waals surface area contributed by atoms with E-state index in [-0.39, 0.29) is 28.6 Å². The number of nitrogens with one attached hydrogen (secondary N) is 1. The Kier molecular flexibility index (Phi) is 5.77. The number of hydrogen-bond acceptors (Lipinski definition) is 3. The molecule has 27 heavy (non-hydrogen) atoms. The fourth-order valence-electron chi connectivity index (χ4n) is 2.77. The van der Waals surface area contributed by atoms with Crippen LogP contribution in [0.25, 0.3) is 10.9 Å². The second-order valence-corrected chi connectivity index (χ2v) is 6.87. The van der Waals surface area contributed by atoms with Gasteiger partial charge in [-0.2, -0.15) is 0 Å². The van der Waals surface area contributed by atoms with Crippen molar-refractivity contribution in [2.45, 2.75) is 19.9 Å². The standard InChI is InChI=1S/C19H16Cl2FN3O2/c1-2-7-25(19(27)13-6-4-12(22)9-15(13)21)10-17-23-16-8-11(20)3-5-14(16)18(26)24-17/h3-6,8-9H,2,7,10H2,1H3,(H,23,24,26). The van der Waals surface area contributed by atoms with Crippen molar-refractivity contribution in [3.8, 4) is 0 Å². The van der Waals surface area contributed by atoms with Crippen LogP contribution in [0.2, 0.25) is 10.0 Å². The molecule has 1 heterocycles. The zero-order valence-corrected chi connectivity index (χ0v) is 15.9. The van der Waals surface area contributed by atoms with Crippen molar-refractivity contribution in [3.05, 3.63) is 74.0 Å². The lowest BCUT2D eigenvalue weighted by Gasteiger charge is -2.22. The Morgan fingerprint density at radius 1 is 1.22 bits per heavy atom. The van der Waals surface area contributed by atoms with Gasteiger partial charge < -0.3 is 9.88 Å². The fourth-order valence-corrected chi connectivity index (χ4v) is 3.19. The van der Waals surface area contributed by atoms with Gasteiger partial charge in [-0.15, -0.1) is 0 Å². The monoisotopic (exact) mass is 407 g/mol. The van der Waals surface area contributed by atoms with Gasteiger partial charge in [0.2, 0.25) is 0 Å². The Morgan fingerprint density at radius 2 is 2.00 bits per heavy atom. The first-order valence-electron chi connectivity index (χ1n) is 8.32. The van der Waals surface area contributed by atoms with Crippen LogP contribution in [-0.4, -0.2) is 27.3 Å². The largest absolute Gasteiger partial charge is 0.331 e. The number of rotatable bonds is 5. The Balaban J connectivity index is 1.95. The van der Waals surface area contributed by atoms with Crippen LogP contribution in [-0.2, 0) is 6.54 Å². The molecular formula is C19H16Cl2FN3O2.